The van der Waals surface area contributed by atoms with Crippen LogP contribution in [0.4, 0.5) is 0 Å². The van der Waals surface area contributed by atoms with E-state index >= 15 is 0 Å². The molecule has 0 fully saturated rings. The summed E-state index contributed by atoms with van der Waals surface area (Å²) >= 11 is 0. The van der Waals surface area contributed by atoms with Crippen LogP contribution in [-0.4, -0.2) is 28.1 Å². The van der Waals surface area contributed by atoms with Crippen molar-refractivity contribution in [3.05, 3.63) is 35.7 Å². The minimum absolute atomic E-state index is 0.0510. The van der Waals surface area contributed by atoms with Crippen molar-refractivity contribution in [1.29, 1.82) is 0 Å². The van der Waals surface area contributed by atoms with Crippen molar-refractivity contribution in [3.8, 4) is 11.5 Å². The molecule has 1 amide bonds. The Hall–Kier alpha value is -2.17. The van der Waals surface area contributed by atoms with E-state index in [-0.39, 0.29) is 5.91 Å². The van der Waals surface area contributed by atoms with Crippen LogP contribution >= 0.6 is 0 Å². The normalized spacial score (nSPS) is 10.5. The van der Waals surface area contributed by atoms with Crippen LogP contribution in [0.3, 0.4) is 0 Å². The summed E-state index contributed by atoms with van der Waals surface area (Å²) in [7, 11) is 1.72. The molecule has 0 aliphatic carbocycles. The molecule has 2 aromatic rings. The number of aromatic nitrogens is 2. The van der Waals surface area contributed by atoms with E-state index in [2.05, 4.69) is 10.2 Å². The highest BCUT2D eigenvalue weighted by atomic mass is 16.4. The largest absolute Gasteiger partial charge is 0.419 e. The maximum Gasteiger partial charge on any atom is 0.247 e. The van der Waals surface area contributed by atoms with Crippen LogP contribution < -0.4 is 0 Å². The van der Waals surface area contributed by atoms with Gasteiger partial charge in [-0.15, -0.1) is 10.2 Å². The molecule has 0 aliphatic rings. The fourth-order valence-corrected chi connectivity index (χ4v) is 1.69. The number of carbonyl (C=O) groups excluding carboxylic acids is 1. The first-order valence-corrected chi connectivity index (χ1v) is 6.23. The average molecular weight is 259 g/mol. The maximum atomic E-state index is 11.5. The Bertz CT molecular complexity index is 560. The Morgan fingerprint density at radius 3 is 2.58 bits per heavy atom. The van der Waals surface area contributed by atoms with E-state index in [9.17, 15) is 4.79 Å². The third-order valence-electron chi connectivity index (χ3n) is 2.87. The topological polar surface area (TPSA) is 59.2 Å². The Balaban J connectivity index is 2.11. The zero-order valence-electron chi connectivity index (χ0n) is 11.4. The van der Waals surface area contributed by atoms with Gasteiger partial charge in [0.25, 0.3) is 0 Å². The Labute approximate surface area is 112 Å². The molecule has 0 spiro atoms. The number of carbonyl (C=O) groups is 1. The molecule has 5 heteroatoms. The van der Waals surface area contributed by atoms with Gasteiger partial charge in [-0.25, -0.2) is 0 Å². The van der Waals surface area contributed by atoms with E-state index < -0.39 is 0 Å². The number of aryl methyl sites for hydroxylation is 1. The SMILES string of the molecule is CCC(=O)N(C)Cc1nnc(-c2ccc(C)cc2)o1. The molecule has 5 nitrogen and oxygen atoms in total. The highest BCUT2D eigenvalue weighted by Crippen LogP contribution is 2.18. The van der Waals surface area contributed by atoms with Gasteiger partial charge in [0.1, 0.15) is 0 Å². The summed E-state index contributed by atoms with van der Waals surface area (Å²) < 4.78 is 5.56. The van der Waals surface area contributed by atoms with Crippen molar-refractivity contribution in [1.82, 2.24) is 15.1 Å². The van der Waals surface area contributed by atoms with Crippen molar-refractivity contribution in [3.63, 3.8) is 0 Å². The summed E-state index contributed by atoms with van der Waals surface area (Å²) in [6, 6.07) is 7.86. The lowest BCUT2D eigenvalue weighted by atomic mass is 10.1. The van der Waals surface area contributed by atoms with Crippen LogP contribution in [0, 0.1) is 6.92 Å². The van der Waals surface area contributed by atoms with Gasteiger partial charge in [0, 0.05) is 19.0 Å². The van der Waals surface area contributed by atoms with Crippen molar-refractivity contribution >= 4 is 5.91 Å². The first-order valence-electron chi connectivity index (χ1n) is 6.23. The average Bonchev–Trinajstić information content (AvgIpc) is 2.87. The standard InChI is InChI=1S/C14H17N3O2/c1-4-13(18)17(3)9-12-15-16-14(19-12)11-7-5-10(2)6-8-11/h5-8H,4,9H2,1-3H3. The molecule has 0 aliphatic heterocycles. The molecule has 19 heavy (non-hydrogen) atoms. The Morgan fingerprint density at radius 2 is 1.95 bits per heavy atom. The molecule has 1 heterocycles. The number of rotatable bonds is 4. The number of nitrogens with zero attached hydrogens (tertiary/aromatic N) is 3. The first kappa shape index (κ1) is 13.3. The summed E-state index contributed by atoms with van der Waals surface area (Å²) in [5.74, 6) is 0.974. The van der Waals surface area contributed by atoms with Crippen LogP contribution in [0.25, 0.3) is 11.5 Å². The van der Waals surface area contributed by atoms with Gasteiger partial charge in [0.2, 0.25) is 17.7 Å². The summed E-state index contributed by atoms with van der Waals surface area (Å²) in [5.41, 5.74) is 2.06. The van der Waals surface area contributed by atoms with E-state index in [1.807, 2.05) is 38.1 Å². The second-order valence-electron chi connectivity index (χ2n) is 4.47. The molecule has 1 aromatic carbocycles. The first-order chi connectivity index (χ1) is 9.10. The minimum atomic E-state index is 0.0510. The van der Waals surface area contributed by atoms with Gasteiger partial charge in [0.15, 0.2) is 0 Å². The van der Waals surface area contributed by atoms with Gasteiger partial charge < -0.3 is 9.32 Å². The van der Waals surface area contributed by atoms with Crippen molar-refractivity contribution in [2.75, 3.05) is 7.05 Å². The molecule has 1 aromatic heterocycles. The molecule has 0 atom stereocenters. The van der Waals surface area contributed by atoms with E-state index in [4.69, 9.17) is 4.42 Å². The van der Waals surface area contributed by atoms with Crippen molar-refractivity contribution in [2.45, 2.75) is 26.8 Å². The Morgan fingerprint density at radius 1 is 1.26 bits per heavy atom. The molecule has 0 unspecified atom stereocenters. The van der Waals surface area contributed by atoms with Crippen LogP contribution in [0.1, 0.15) is 24.8 Å². The van der Waals surface area contributed by atoms with Crippen molar-refractivity contribution < 1.29 is 9.21 Å². The van der Waals surface area contributed by atoms with Gasteiger partial charge in [-0.05, 0) is 19.1 Å². The predicted molar refractivity (Wildman–Crippen MR) is 71.2 cm³/mol. The second-order valence-corrected chi connectivity index (χ2v) is 4.47. The lowest BCUT2D eigenvalue weighted by molar-refractivity contribution is -0.130. The van der Waals surface area contributed by atoms with E-state index in [0.29, 0.717) is 24.7 Å². The lowest BCUT2D eigenvalue weighted by Gasteiger charge is -2.12. The van der Waals surface area contributed by atoms with Crippen LogP contribution in [0.5, 0.6) is 0 Å². The summed E-state index contributed by atoms with van der Waals surface area (Å²) in [6.07, 6.45) is 0.468. The summed E-state index contributed by atoms with van der Waals surface area (Å²) in [5, 5.41) is 7.96. The molecule has 100 valence electrons. The molecule has 0 N–H and O–H groups in total. The zero-order chi connectivity index (χ0) is 13.8. The van der Waals surface area contributed by atoms with Gasteiger partial charge in [-0.3, -0.25) is 4.79 Å². The van der Waals surface area contributed by atoms with Crippen LogP contribution in [-0.2, 0) is 11.3 Å². The van der Waals surface area contributed by atoms with E-state index in [0.717, 1.165) is 5.56 Å². The maximum absolute atomic E-state index is 11.5. The molecule has 0 bridgehead atoms. The van der Waals surface area contributed by atoms with Gasteiger partial charge >= 0.3 is 0 Å². The second kappa shape index (κ2) is 5.65. The highest BCUT2D eigenvalue weighted by Gasteiger charge is 2.13. The van der Waals surface area contributed by atoms with Crippen LogP contribution in [0.15, 0.2) is 28.7 Å². The minimum Gasteiger partial charge on any atom is -0.419 e. The molecular weight excluding hydrogens is 242 g/mol. The van der Waals surface area contributed by atoms with Gasteiger partial charge in [-0.1, -0.05) is 24.6 Å². The summed E-state index contributed by atoms with van der Waals surface area (Å²) in [4.78, 5) is 13.0. The monoisotopic (exact) mass is 259 g/mol. The third-order valence-corrected chi connectivity index (χ3v) is 2.87. The predicted octanol–water partition coefficient (Wildman–Crippen LogP) is 2.41. The van der Waals surface area contributed by atoms with Gasteiger partial charge in [-0.2, -0.15) is 0 Å². The van der Waals surface area contributed by atoms with Crippen molar-refractivity contribution in [2.24, 2.45) is 0 Å². The number of hydrogen-bond acceptors (Lipinski definition) is 4. The quantitative estimate of drug-likeness (QED) is 0.846. The summed E-state index contributed by atoms with van der Waals surface area (Å²) in [6.45, 7) is 4.18. The highest BCUT2D eigenvalue weighted by molar-refractivity contribution is 5.75. The smallest absolute Gasteiger partial charge is 0.247 e. The van der Waals surface area contributed by atoms with E-state index in [1.165, 1.54) is 5.56 Å². The van der Waals surface area contributed by atoms with Crippen LogP contribution in [0.2, 0.25) is 0 Å². The molecule has 0 saturated carbocycles. The fraction of sp³-hybridized carbons (Fsp3) is 0.357. The fourth-order valence-electron chi connectivity index (χ4n) is 1.69. The Kier molecular flexibility index (Phi) is 3.94. The zero-order valence-corrected chi connectivity index (χ0v) is 11.4. The number of benzene rings is 1. The molecular formula is C14H17N3O2. The molecule has 0 radical (unpaired) electrons. The lowest BCUT2D eigenvalue weighted by Crippen LogP contribution is -2.25. The molecule has 2 rings (SSSR count). The third kappa shape index (κ3) is 3.19. The molecule has 0 saturated heterocycles. The van der Waals surface area contributed by atoms with Gasteiger partial charge in [0.05, 0.1) is 6.54 Å². The number of hydrogen-bond donors (Lipinski definition) is 0. The number of amides is 1. The van der Waals surface area contributed by atoms with E-state index in [1.54, 1.807) is 11.9 Å².